The zero-order valence-electron chi connectivity index (χ0n) is 9.55. The van der Waals surface area contributed by atoms with E-state index in [-0.39, 0.29) is 5.78 Å². The number of ketones is 1. The van der Waals surface area contributed by atoms with E-state index in [1.165, 1.54) is 12.8 Å². The smallest absolute Gasteiger partial charge is 0.143 e. The summed E-state index contributed by atoms with van der Waals surface area (Å²) in [6.07, 6.45) is 2.34. The maximum Gasteiger partial charge on any atom is 0.143 e. The van der Waals surface area contributed by atoms with Gasteiger partial charge in [-0.15, -0.1) is 0 Å². The Morgan fingerprint density at radius 3 is 2.43 bits per heavy atom. The van der Waals surface area contributed by atoms with Crippen molar-refractivity contribution in [1.82, 2.24) is 10.2 Å². The summed E-state index contributed by atoms with van der Waals surface area (Å²) in [4.78, 5) is 13.2. The molecule has 1 aliphatic rings. The fourth-order valence-electron chi connectivity index (χ4n) is 2.04. The van der Waals surface area contributed by atoms with Gasteiger partial charge < -0.3 is 5.32 Å². The van der Waals surface area contributed by atoms with Gasteiger partial charge in [0.1, 0.15) is 5.78 Å². The van der Waals surface area contributed by atoms with Gasteiger partial charge in [-0.2, -0.15) is 0 Å². The molecule has 1 rings (SSSR count). The van der Waals surface area contributed by atoms with Crippen molar-refractivity contribution < 1.29 is 4.79 Å². The largest absolute Gasteiger partial charge is 0.312 e. The number of nitrogens with zero attached hydrogens (tertiary/aromatic N) is 1. The van der Waals surface area contributed by atoms with Crippen molar-refractivity contribution in [3.63, 3.8) is 0 Å². The van der Waals surface area contributed by atoms with Crippen molar-refractivity contribution in [3.8, 4) is 0 Å². The zero-order valence-corrected chi connectivity index (χ0v) is 9.55. The maximum absolute atomic E-state index is 10.9. The highest BCUT2D eigenvalue weighted by Crippen LogP contribution is 2.10. The summed E-state index contributed by atoms with van der Waals surface area (Å²) >= 11 is 0. The Hall–Kier alpha value is -0.410. The minimum atomic E-state index is 0.278. The molecule has 0 bridgehead atoms. The highest BCUT2D eigenvalue weighted by molar-refractivity contribution is 5.77. The van der Waals surface area contributed by atoms with Gasteiger partial charge in [-0.1, -0.05) is 13.8 Å². The van der Waals surface area contributed by atoms with Crippen LogP contribution in [0.25, 0.3) is 0 Å². The highest BCUT2D eigenvalue weighted by Gasteiger charge is 2.19. The first-order valence-electron chi connectivity index (χ1n) is 5.55. The van der Waals surface area contributed by atoms with Crippen molar-refractivity contribution in [1.29, 1.82) is 0 Å². The Morgan fingerprint density at radius 1 is 1.43 bits per heavy atom. The molecular weight excluding hydrogens is 176 g/mol. The van der Waals surface area contributed by atoms with Gasteiger partial charge in [0.2, 0.25) is 0 Å². The minimum Gasteiger partial charge on any atom is -0.312 e. The van der Waals surface area contributed by atoms with Crippen LogP contribution >= 0.6 is 0 Å². The molecule has 1 N–H and O–H groups in total. The number of likely N-dealkylation sites (tertiary alicyclic amines) is 1. The molecule has 0 radical (unpaired) electrons. The first-order chi connectivity index (χ1) is 6.58. The van der Waals surface area contributed by atoms with Crippen LogP contribution in [0, 0.1) is 0 Å². The molecule has 0 aromatic rings. The van der Waals surface area contributed by atoms with Gasteiger partial charge in [-0.3, -0.25) is 9.69 Å². The van der Waals surface area contributed by atoms with E-state index < -0.39 is 0 Å². The molecule has 1 saturated heterocycles. The lowest BCUT2D eigenvalue weighted by Crippen LogP contribution is -2.45. The van der Waals surface area contributed by atoms with Crippen LogP contribution in [0.5, 0.6) is 0 Å². The molecule has 1 aliphatic heterocycles. The second kappa shape index (κ2) is 5.47. The fourth-order valence-corrected chi connectivity index (χ4v) is 2.04. The summed E-state index contributed by atoms with van der Waals surface area (Å²) < 4.78 is 0. The van der Waals surface area contributed by atoms with E-state index in [9.17, 15) is 4.79 Å². The molecule has 0 atom stereocenters. The molecule has 0 aliphatic carbocycles. The summed E-state index contributed by atoms with van der Waals surface area (Å²) in [5, 5.41) is 3.54. The number of carbonyl (C=O) groups excluding carboxylic acids is 1. The van der Waals surface area contributed by atoms with Gasteiger partial charge in [0, 0.05) is 25.2 Å². The third kappa shape index (κ3) is 4.20. The Bertz CT molecular complexity index is 184. The van der Waals surface area contributed by atoms with E-state index in [4.69, 9.17) is 0 Å². The monoisotopic (exact) mass is 198 g/mol. The van der Waals surface area contributed by atoms with Crippen LogP contribution in [-0.4, -0.2) is 42.4 Å². The van der Waals surface area contributed by atoms with E-state index in [2.05, 4.69) is 24.1 Å². The maximum atomic E-state index is 10.9. The molecule has 0 unspecified atom stereocenters. The summed E-state index contributed by atoms with van der Waals surface area (Å²) in [6.45, 7) is 8.78. The van der Waals surface area contributed by atoms with Gasteiger partial charge >= 0.3 is 0 Å². The van der Waals surface area contributed by atoms with Crippen molar-refractivity contribution in [2.75, 3.05) is 19.6 Å². The van der Waals surface area contributed by atoms with Crippen LogP contribution in [0.3, 0.4) is 0 Å². The molecule has 82 valence electrons. The van der Waals surface area contributed by atoms with Crippen LogP contribution < -0.4 is 5.32 Å². The molecule has 0 spiro atoms. The molecule has 3 nitrogen and oxygen atoms in total. The molecule has 3 heteroatoms. The fraction of sp³-hybridized carbons (Fsp3) is 0.909. The minimum absolute atomic E-state index is 0.278. The first-order valence-corrected chi connectivity index (χ1v) is 5.55. The lowest BCUT2D eigenvalue weighted by Gasteiger charge is -2.32. The number of hydrogen-bond donors (Lipinski definition) is 1. The predicted octanol–water partition coefficient (Wildman–Crippen LogP) is 1.04. The third-order valence-electron chi connectivity index (χ3n) is 2.60. The van der Waals surface area contributed by atoms with Crippen molar-refractivity contribution in [3.05, 3.63) is 0 Å². The molecular formula is C11H22N2O. The SMILES string of the molecule is CC(=O)CN1CCC(NC(C)C)CC1. The van der Waals surface area contributed by atoms with Crippen LogP contribution in [0.4, 0.5) is 0 Å². The van der Waals surface area contributed by atoms with Crippen LogP contribution in [0.15, 0.2) is 0 Å². The van der Waals surface area contributed by atoms with Crippen LogP contribution in [0.1, 0.15) is 33.6 Å². The topological polar surface area (TPSA) is 32.3 Å². The van der Waals surface area contributed by atoms with Gasteiger partial charge in [0.25, 0.3) is 0 Å². The average molecular weight is 198 g/mol. The first kappa shape index (κ1) is 11.7. The van der Waals surface area contributed by atoms with Crippen molar-refractivity contribution in [2.24, 2.45) is 0 Å². The lowest BCUT2D eigenvalue weighted by atomic mass is 10.0. The number of nitrogens with one attached hydrogen (secondary N) is 1. The van der Waals surface area contributed by atoms with Gasteiger partial charge in [0.05, 0.1) is 6.54 Å². The number of carbonyl (C=O) groups is 1. The molecule has 0 saturated carbocycles. The summed E-state index contributed by atoms with van der Waals surface area (Å²) in [5.41, 5.74) is 0. The van der Waals surface area contributed by atoms with Gasteiger partial charge in [-0.25, -0.2) is 0 Å². The molecule has 0 aromatic heterocycles. The molecule has 1 heterocycles. The van der Waals surface area contributed by atoms with E-state index >= 15 is 0 Å². The Kier molecular flexibility index (Phi) is 4.55. The number of Topliss-reactive ketones (excluding diaryl/α,β-unsaturated/α-hetero) is 1. The number of hydrogen-bond acceptors (Lipinski definition) is 3. The van der Waals surface area contributed by atoms with Gasteiger partial charge in [0.15, 0.2) is 0 Å². The van der Waals surface area contributed by atoms with Gasteiger partial charge in [-0.05, 0) is 19.8 Å². The Balaban J connectivity index is 2.21. The average Bonchev–Trinajstić information content (AvgIpc) is 2.06. The number of piperidine rings is 1. The summed E-state index contributed by atoms with van der Waals surface area (Å²) in [7, 11) is 0. The molecule has 0 aromatic carbocycles. The Labute approximate surface area is 86.9 Å². The molecule has 14 heavy (non-hydrogen) atoms. The van der Waals surface area contributed by atoms with Crippen LogP contribution in [0.2, 0.25) is 0 Å². The quantitative estimate of drug-likeness (QED) is 0.732. The normalized spacial score (nSPS) is 20.3. The van der Waals surface area contributed by atoms with E-state index in [1.54, 1.807) is 6.92 Å². The van der Waals surface area contributed by atoms with E-state index in [0.29, 0.717) is 18.6 Å². The lowest BCUT2D eigenvalue weighted by molar-refractivity contribution is -0.118. The van der Waals surface area contributed by atoms with Crippen molar-refractivity contribution in [2.45, 2.75) is 45.7 Å². The summed E-state index contributed by atoms with van der Waals surface area (Å²) in [5.74, 6) is 0.278. The predicted molar refractivity (Wildman–Crippen MR) is 58.4 cm³/mol. The van der Waals surface area contributed by atoms with E-state index in [0.717, 1.165) is 13.1 Å². The highest BCUT2D eigenvalue weighted by atomic mass is 16.1. The summed E-state index contributed by atoms with van der Waals surface area (Å²) in [6, 6.07) is 1.22. The van der Waals surface area contributed by atoms with Crippen LogP contribution in [-0.2, 0) is 4.79 Å². The molecule has 0 amide bonds. The molecule has 1 fully saturated rings. The second-order valence-electron chi connectivity index (χ2n) is 4.57. The number of rotatable bonds is 4. The van der Waals surface area contributed by atoms with Crippen molar-refractivity contribution >= 4 is 5.78 Å². The van der Waals surface area contributed by atoms with E-state index in [1.807, 2.05) is 0 Å². The second-order valence-corrected chi connectivity index (χ2v) is 4.57. The third-order valence-corrected chi connectivity index (χ3v) is 2.60. The Morgan fingerprint density at radius 2 is 2.00 bits per heavy atom. The zero-order chi connectivity index (χ0) is 10.6. The standard InChI is InChI=1S/C11H22N2O/c1-9(2)12-11-4-6-13(7-5-11)8-10(3)14/h9,11-12H,4-8H2,1-3H3.